The molecule has 0 bridgehead atoms. The minimum absolute atomic E-state index is 0.0430. The second kappa shape index (κ2) is 8.25. The van der Waals surface area contributed by atoms with E-state index in [1.165, 1.54) is 11.6 Å². The lowest BCUT2D eigenvalue weighted by Gasteiger charge is -2.59. The van der Waals surface area contributed by atoms with Gasteiger partial charge >= 0.3 is 0 Å². The third-order valence-electron chi connectivity index (χ3n) is 6.55. The van der Waals surface area contributed by atoms with E-state index >= 15 is 0 Å². The largest absolute Gasteiger partial charge is 0.394 e. The molecule has 3 aromatic carbocycles. The van der Waals surface area contributed by atoms with Crippen LogP contribution in [0.1, 0.15) is 17.0 Å². The predicted molar refractivity (Wildman–Crippen MR) is 118 cm³/mol. The van der Waals surface area contributed by atoms with Crippen molar-refractivity contribution in [3.8, 4) is 11.1 Å². The highest BCUT2D eigenvalue weighted by molar-refractivity contribution is 5.81. The first-order valence-electron chi connectivity index (χ1n) is 10.7. The number of amides is 1. The number of aliphatic hydroxyl groups is 1. The number of aliphatic hydroxyl groups excluding tert-OH is 1. The van der Waals surface area contributed by atoms with Gasteiger partial charge in [0.1, 0.15) is 5.82 Å². The maximum absolute atomic E-state index is 14.1. The second-order valence-electron chi connectivity index (χ2n) is 8.40. The van der Waals surface area contributed by atoms with Gasteiger partial charge in [0.05, 0.1) is 25.2 Å². The van der Waals surface area contributed by atoms with E-state index in [9.17, 15) is 14.3 Å². The summed E-state index contributed by atoms with van der Waals surface area (Å²) in [5.74, 6) is -0.0969. The monoisotopic (exact) mass is 416 g/mol. The summed E-state index contributed by atoms with van der Waals surface area (Å²) >= 11 is 0. The van der Waals surface area contributed by atoms with Crippen LogP contribution < -0.4 is 0 Å². The molecule has 2 saturated heterocycles. The average Bonchev–Trinajstić information content (AvgIpc) is 2.77. The van der Waals surface area contributed by atoms with E-state index in [2.05, 4.69) is 17.0 Å². The van der Waals surface area contributed by atoms with Crippen LogP contribution in [0.25, 0.3) is 11.1 Å². The molecule has 2 heterocycles. The summed E-state index contributed by atoms with van der Waals surface area (Å²) in [6.07, 6.45) is 0. The third-order valence-corrected chi connectivity index (χ3v) is 6.55. The number of fused-ring (bicyclic) bond motifs is 1. The van der Waals surface area contributed by atoms with E-state index in [1.54, 1.807) is 12.1 Å². The fourth-order valence-corrected chi connectivity index (χ4v) is 5.11. The fraction of sp³-hybridized carbons (Fsp3) is 0.269. The van der Waals surface area contributed by atoms with Gasteiger partial charge in [-0.1, -0.05) is 72.8 Å². The molecule has 5 heteroatoms. The Morgan fingerprint density at radius 1 is 0.935 bits per heavy atom. The number of rotatable bonds is 5. The van der Waals surface area contributed by atoms with Crippen LogP contribution in [-0.2, 0) is 11.3 Å². The van der Waals surface area contributed by atoms with Gasteiger partial charge in [0, 0.05) is 24.6 Å². The van der Waals surface area contributed by atoms with E-state index < -0.39 is 0 Å². The van der Waals surface area contributed by atoms with Crippen LogP contribution in [0, 0.1) is 5.82 Å². The number of benzene rings is 3. The maximum atomic E-state index is 14.1. The van der Waals surface area contributed by atoms with E-state index in [0.717, 1.165) is 24.2 Å². The van der Waals surface area contributed by atoms with Gasteiger partial charge in [-0.2, -0.15) is 0 Å². The lowest BCUT2D eigenvalue weighted by atomic mass is 9.73. The van der Waals surface area contributed by atoms with Crippen molar-refractivity contribution in [3.63, 3.8) is 0 Å². The molecular formula is C26H25FN2O2. The number of piperazine rings is 1. The van der Waals surface area contributed by atoms with Crippen LogP contribution in [0.3, 0.4) is 0 Å². The van der Waals surface area contributed by atoms with Crippen LogP contribution in [0.15, 0.2) is 78.9 Å². The summed E-state index contributed by atoms with van der Waals surface area (Å²) in [6, 6.07) is 24.6. The minimum atomic E-state index is -0.243. The van der Waals surface area contributed by atoms with Crippen molar-refractivity contribution in [3.05, 3.63) is 95.8 Å². The van der Waals surface area contributed by atoms with Crippen molar-refractivity contribution < 1.29 is 14.3 Å². The summed E-state index contributed by atoms with van der Waals surface area (Å²) in [6.45, 7) is 1.83. The number of carbonyl (C=O) groups is 1. The summed E-state index contributed by atoms with van der Waals surface area (Å²) in [5.41, 5.74) is 3.66. The Kier molecular flexibility index (Phi) is 5.30. The van der Waals surface area contributed by atoms with Crippen LogP contribution in [0.2, 0.25) is 0 Å². The first-order valence-corrected chi connectivity index (χ1v) is 10.7. The molecule has 2 aliphatic heterocycles. The van der Waals surface area contributed by atoms with Crippen LogP contribution in [0.5, 0.6) is 0 Å². The van der Waals surface area contributed by atoms with E-state index in [0.29, 0.717) is 12.1 Å². The van der Waals surface area contributed by atoms with Gasteiger partial charge in [0.25, 0.3) is 0 Å². The Bertz CT molecular complexity index is 1070. The molecule has 0 unspecified atom stereocenters. The zero-order valence-electron chi connectivity index (χ0n) is 17.2. The Hall–Kier alpha value is -3.02. The molecule has 4 nitrogen and oxygen atoms in total. The first-order chi connectivity index (χ1) is 15.2. The van der Waals surface area contributed by atoms with Crippen molar-refractivity contribution in [2.45, 2.75) is 24.5 Å². The number of nitrogens with zero attached hydrogens (tertiary/aromatic N) is 2. The van der Waals surface area contributed by atoms with Gasteiger partial charge in [-0.05, 0) is 22.8 Å². The highest BCUT2D eigenvalue weighted by atomic mass is 19.1. The van der Waals surface area contributed by atoms with Gasteiger partial charge in [0.2, 0.25) is 5.91 Å². The summed E-state index contributed by atoms with van der Waals surface area (Å²) in [4.78, 5) is 16.9. The summed E-state index contributed by atoms with van der Waals surface area (Å²) in [5, 5.41) is 9.99. The summed E-state index contributed by atoms with van der Waals surface area (Å²) in [7, 11) is 0. The lowest BCUT2D eigenvalue weighted by molar-refractivity contribution is -0.162. The van der Waals surface area contributed by atoms with Crippen molar-refractivity contribution in [2.75, 3.05) is 19.7 Å². The highest BCUT2D eigenvalue weighted by Gasteiger charge is 2.53. The van der Waals surface area contributed by atoms with E-state index in [4.69, 9.17) is 0 Å². The number of hydrogen-bond donors (Lipinski definition) is 1. The Morgan fingerprint density at radius 3 is 2.35 bits per heavy atom. The molecule has 0 saturated carbocycles. The zero-order chi connectivity index (χ0) is 21.4. The van der Waals surface area contributed by atoms with Gasteiger partial charge in [-0.15, -0.1) is 0 Å². The molecule has 158 valence electrons. The maximum Gasteiger partial charge on any atom is 0.237 e. The molecule has 0 aliphatic carbocycles. The quantitative estimate of drug-likeness (QED) is 0.690. The number of hydrogen-bond acceptors (Lipinski definition) is 3. The molecule has 0 aromatic heterocycles. The van der Waals surface area contributed by atoms with E-state index in [1.807, 2.05) is 53.4 Å². The Balaban J connectivity index is 1.37. The van der Waals surface area contributed by atoms with Gasteiger partial charge < -0.3 is 10.0 Å². The molecule has 0 spiro atoms. The summed E-state index contributed by atoms with van der Waals surface area (Å²) < 4.78 is 14.1. The zero-order valence-corrected chi connectivity index (χ0v) is 17.2. The predicted octanol–water partition coefficient (Wildman–Crippen LogP) is 3.66. The molecule has 1 N–H and O–H groups in total. The molecule has 2 aliphatic rings. The normalized spacial score (nSPS) is 23.4. The average molecular weight is 416 g/mol. The standard InChI is InChI=1S/C26H25FN2O2/c27-22-9-5-4-8-21(22)19-10-12-20(13-11-19)26-23-15-28(14-18-6-2-1-3-7-18)16-25(31)29(23)24(26)17-30/h1-13,23-24,26,30H,14-17H2/t23-,24+,26-/m1/s1. The lowest BCUT2D eigenvalue weighted by Crippen LogP contribution is -2.72. The van der Waals surface area contributed by atoms with Crippen LogP contribution in [0.4, 0.5) is 4.39 Å². The molecular weight excluding hydrogens is 391 g/mol. The van der Waals surface area contributed by atoms with E-state index in [-0.39, 0.29) is 36.3 Å². The molecule has 1 amide bonds. The third kappa shape index (κ3) is 3.64. The van der Waals surface area contributed by atoms with Crippen LogP contribution >= 0.6 is 0 Å². The molecule has 2 fully saturated rings. The molecule has 5 rings (SSSR count). The van der Waals surface area contributed by atoms with Crippen molar-refractivity contribution in [2.24, 2.45) is 0 Å². The fourth-order valence-electron chi connectivity index (χ4n) is 5.11. The Morgan fingerprint density at radius 2 is 1.65 bits per heavy atom. The molecule has 3 aromatic rings. The Labute approximate surface area is 181 Å². The first kappa shape index (κ1) is 19.9. The topological polar surface area (TPSA) is 43.8 Å². The molecule has 31 heavy (non-hydrogen) atoms. The highest BCUT2D eigenvalue weighted by Crippen LogP contribution is 2.43. The van der Waals surface area contributed by atoms with Gasteiger partial charge in [-0.25, -0.2) is 4.39 Å². The van der Waals surface area contributed by atoms with Crippen LogP contribution in [-0.4, -0.2) is 52.6 Å². The van der Waals surface area contributed by atoms with Gasteiger partial charge in [0.15, 0.2) is 0 Å². The van der Waals surface area contributed by atoms with Crippen molar-refractivity contribution in [1.82, 2.24) is 9.80 Å². The second-order valence-corrected chi connectivity index (χ2v) is 8.40. The van der Waals surface area contributed by atoms with Crippen molar-refractivity contribution >= 4 is 5.91 Å². The molecule has 0 radical (unpaired) electrons. The minimum Gasteiger partial charge on any atom is -0.394 e. The van der Waals surface area contributed by atoms with Crippen molar-refractivity contribution in [1.29, 1.82) is 0 Å². The number of halogens is 1. The molecule has 3 atom stereocenters. The smallest absolute Gasteiger partial charge is 0.237 e. The van der Waals surface area contributed by atoms with Gasteiger partial charge in [-0.3, -0.25) is 9.69 Å². The number of carbonyl (C=O) groups excluding carboxylic acids is 1. The SMILES string of the molecule is O=C1CN(Cc2ccccc2)C[C@@H]2[C@@H](c3ccc(-c4ccccc4F)cc3)[C@H](CO)N12.